The Morgan fingerprint density at radius 2 is 2.09 bits per heavy atom. The Bertz CT molecular complexity index is 878. The van der Waals surface area contributed by atoms with Crippen LogP contribution in [0.5, 0.6) is 0 Å². The van der Waals surface area contributed by atoms with E-state index in [-0.39, 0.29) is 5.91 Å². The van der Waals surface area contributed by atoms with Crippen molar-refractivity contribution in [2.45, 2.75) is 38.5 Å². The van der Waals surface area contributed by atoms with Gasteiger partial charge in [0.15, 0.2) is 5.82 Å². The minimum atomic E-state index is -0.199. The highest BCUT2D eigenvalue weighted by atomic mass is 32.1. The summed E-state index contributed by atoms with van der Waals surface area (Å²) in [7, 11) is 0. The summed E-state index contributed by atoms with van der Waals surface area (Å²) in [4.78, 5) is 13.2. The van der Waals surface area contributed by atoms with Gasteiger partial charge in [-0.1, -0.05) is 43.4 Å². The molecule has 1 N–H and O–H groups in total. The average Bonchev–Trinajstić information content (AvgIpc) is 3.15. The molecule has 7 heteroatoms. The maximum atomic E-state index is 12.5. The van der Waals surface area contributed by atoms with Gasteiger partial charge in [0.1, 0.15) is 0 Å². The van der Waals surface area contributed by atoms with Gasteiger partial charge < -0.3 is 5.32 Å². The van der Waals surface area contributed by atoms with Crippen molar-refractivity contribution in [3.05, 3.63) is 40.7 Å². The Morgan fingerprint density at radius 3 is 2.83 bits per heavy atom. The van der Waals surface area contributed by atoms with Gasteiger partial charge in [0.2, 0.25) is 9.97 Å². The predicted octanol–water partition coefficient (Wildman–Crippen LogP) is 3.44. The summed E-state index contributed by atoms with van der Waals surface area (Å²) in [6.45, 7) is 4.21. The number of hydrogen-bond donors (Lipinski definition) is 1. The number of fused-ring (bicyclic) bond motifs is 1. The molecule has 1 saturated carbocycles. The standard InChI is InChI=1S/C16H17N5OS/c1-9(2)11-5-3-4-6-12(11)17-14(22)15-20-21-13(10-7-8-10)18-19-16(21)23-15/h3-6,9-10H,7-8H2,1-2H3,(H,17,22). The summed E-state index contributed by atoms with van der Waals surface area (Å²) < 4.78 is 1.71. The molecule has 2 aromatic heterocycles. The Labute approximate surface area is 137 Å². The van der Waals surface area contributed by atoms with Crippen molar-refractivity contribution in [3.8, 4) is 0 Å². The number of nitrogens with one attached hydrogen (secondary N) is 1. The highest BCUT2D eigenvalue weighted by Gasteiger charge is 2.30. The minimum absolute atomic E-state index is 0.199. The molecule has 0 bridgehead atoms. The third-order valence-corrected chi connectivity index (χ3v) is 4.88. The second-order valence-electron chi connectivity index (χ2n) is 6.13. The molecule has 1 aliphatic rings. The van der Waals surface area contributed by atoms with Gasteiger partial charge in [-0.05, 0) is 30.4 Å². The molecule has 0 unspecified atom stereocenters. The van der Waals surface area contributed by atoms with Gasteiger partial charge in [0, 0.05) is 11.6 Å². The highest BCUT2D eigenvalue weighted by Crippen LogP contribution is 2.39. The number of anilines is 1. The monoisotopic (exact) mass is 327 g/mol. The fraction of sp³-hybridized carbons (Fsp3) is 0.375. The molecule has 0 spiro atoms. The van der Waals surface area contributed by atoms with Crippen LogP contribution in [-0.4, -0.2) is 25.7 Å². The molecule has 4 rings (SSSR count). The molecule has 1 aromatic carbocycles. The third-order valence-electron chi connectivity index (χ3n) is 3.98. The van der Waals surface area contributed by atoms with Crippen LogP contribution >= 0.6 is 11.3 Å². The minimum Gasteiger partial charge on any atom is -0.320 e. The largest absolute Gasteiger partial charge is 0.320 e. The second kappa shape index (κ2) is 5.42. The highest BCUT2D eigenvalue weighted by molar-refractivity contribution is 7.18. The van der Waals surface area contributed by atoms with Crippen molar-refractivity contribution >= 4 is 27.9 Å². The summed E-state index contributed by atoms with van der Waals surface area (Å²) in [5.41, 5.74) is 1.95. The van der Waals surface area contributed by atoms with E-state index in [1.54, 1.807) is 4.52 Å². The smallest absolute Gasteiger partial charge is 0.286 e. The molecule has 0 aliphatic heterocycles. The molecule has 118 valence electrons. The maximum absolute atomic E-state index is 12.5. The Kier molecular flexibility index (Phi) is 3.37. The van der Waals surface area contributed by atoms with E-state index in [9.17, 15) is 4.79 Å². The molecule has 1 aliphatic carbocycles. The lowest BCUT2D eigenvalue weighted by Gasteiger charge is -2.12. The summed E-state index contributed by atoms with van der Waals surface area (Å²) in [5.74, 6) is 1.46. The predicted molar refractivity (Wildman–Crippen MR) is 89.1 cm³/mol. The number of hydrogen-bond acceptors (Lipinski definition) is 5. The lowest BCUT2D eigenvalue weighted by atomic mass is 10.0. The van der Waals surface area contributed by atoms with Gasteiger partial charge in [-0.25, -0.2) is 0 Å². The van der Waals surface area contributed by atoms with E-state index in [1.165, 1.54) is 11.3 Å². The van der Waals surface area contributed by atoms with Crippen LogP contribution in [0.25, 0.3) is 4.96 Å². The van der Waals surface area contributed by atoms with E-state index in [0.29, 0.717) is 21.8 Å². The van der Waals surface area contributed by atoms with Crippen molar-refractivity contribution < 1.29 is 4.79 Å². The van der Waals surface area contributed by atoms with Crippen LogP contribution in [0.1, 0.15) is 59.7 Å². The molecule has 0 atom stereocenters. The lowest BCUT2D eigenvalue weighted by Crippen LogP contribution is -2.14. The first-order valence-corrected chi connectivity index (χ1v) is 8.57. The summed E-state index contributed by atoms with van der Waals surface area (Å²) in [6, 6.07) is 7.86. The third kappa shape index (κ3) is 2.61. The first-order chi connectivity index (χ1) is 11.1. The SMILES string of the molecule is CC(C)c1ccccc1NC(=O)c1nn2c(C3CC3)nnc2s1. The van der Waals surface area contributed by atoms with Gasteiger partial charge in [-0.15, -0.1) is 15.3 Å². The zero-order valence-corrected chi connectivity index (χ0v) is 13.8. The molecule has 1 fully saturated rings. The fourth-order valence-corrected chi connectivity index (χ4v) is 3.35. The van der Waals surface area contributed by atoms with Gasteiger partial charge >= 0.3 is 0 Å². The number of carbonyl (C=O) groups is 1. The number of amides is 1. The van der Waals surface area contributed by atoms with Crippen LogP contribution in [0.3, 0.4) is 0 Å². The quantitative estimate of drug-likeness (QED) is 0.797. The molecule has 1 amide bonds. The van der Waals surface area contributed by atoms with E-state index in [4.69, 9.17) is 0 Å². The van der Waals surface area contributed by atoms with Crippen LogP contribution in [-0.2, 0) is 0 Å². The number of carbonyl (C=O) groups excluding carboxylic acids is 1. The Balaban J connectivity index is 1.62. The second-order valence-corrected chi connectivity index (χ2v) is 7.09. The van der Waals surface area contributed by atoms with Crippen molar-refractivity contribution in [3.63, 3.8) is 0 Å². The molecule has 0 saturated heterocycles. The number of para-hydroxylation sites is 1. The van der Waals surface area contributed by atoms with E-state index < -0.39 is 0 Å². The van der Waals surface area contributed by atoms with Gasteiger partial charge in [0.25, 0.3) is 5.91 Å². The topological polar surface area (TPSA) is 72.2 Å². The first kappa shape index (κ1) is 14.3. The molecule has 0 radical (unpaired) electrons. The summed E-state index contributed by atoms with van der Waals surface area (Å²) >= 11 is 1.27. The number of nitrogens with zero attached hydrogens (tertiary/aromatic N) is 4. The van der Waals surface area contributed by atoms with E-state index in [0.717, 1.165) is 29.9 Å². The average molecular weight is 327 g/mol. The van der Waals surface area contributed by atoms with E-state index in [1.807, 2.05) is 24.3 Å². The normalized spacial score (nSPS) is 14.6. The molecule has 3 aromatic rings. The van der Waals surface area contributed by atoms with Crippen LogP contribution in [0.15, 0.2) is 24.3 Å². The van der Waals surface area contributed by atoms with Crippen LogP contribution < -0.4 is 5.32 Å². The Hall–Kier alpha value is -2.28. The summed E-state index contributed by atoms with van der Waals surface area (Å²) in [5, 5.41) is 16.1. The van der Waals surface area contributed by atoms with E-state index >= 15 is 0 Å². The van der Waals surface area contributed by atoms with Crippen molar-refractivity contribution in [2.75, 3.05) is 5.32 Å². The molecule has 2 heterocycles. The first-order valence-electron chi connectivity index (χ1n) is 7.76. The molecular formula is C16H17N5OS. The van der Waals surface area contributed by atoms with Gasteiger partial charge in [-0.3, -0.25) is 4.79 Å². The maximum Gasteiger partial charge on any atom is 0.286 e. The van der Waals surface area contributed by atoms with Crippen LogP contribution in [0, 0.1) is 0 Å². The van der Waals surface area contributed by atoms with Crippen LogP contribution in [0.2, 0.25) is 0 Å². The number of rotatable bonds is 4. The van der Waals surface area contributed by atoms with Gasteiger partial charge in [0.05, 0.1) is 0 Å². The zero-order valence-electron chi connectivity index (χ0n) is 13.0. The van der Waals surface area contributed by atoms with Gasteiger partial charge in [-0.2, -0.15) is 4.52 Å². The molecule has 6 nitrogen and oxygen atoms in total. The van der Waals surface area contributed by atoms with Crippen LogP contribution in [0.4, 0.5) is 5.69 Å². The number of benzene rings is 1. The molecule has 23 heavy (non-hydrogen) atoms. The molecular weight excluding hydrogens is 310 g/mol. The number of aromatic nitrogens is 4. The van der Waals surface area contributed by atoms with Crippen molar-refractivity contribution in [2.24, 2.45) is 0 Å². The van der Waals surface area contributed by atoms with Crippen molar-refractivity contribution in [1.82, 2.24) is 19.8 Å². The summed E-state index contributed by atoms with van der Waals surface area (Å²) in [6.07, 6.45) is 2.25. The Morgan fingerprint density at radius 1 is 1.30 bits per heavy atom. The zero-order chi connectivity index (χ0) is 16.0. The lowest BCUT2D eigenvalue weighted by molar-refractivity contribution is 0.102. The fourth-order valence-electron chi connectivity index (χ4n) is 2.61. The van der Waals surface area contributed by atoms with Crippen molar-refractivity contribution in [1.29, 1.82) is 0 Å². The van der Waals surface area contributed by atoms with E-state index in [2.05, 4.69) is 34.5 Å².